The van der Waals surface area contributed by atoms with E-state index in [1.54, 1.807) is 0 Å². The van der Waals surface area contributed by atoms with E-state index in [-0.39, 0.29) is 11.9 Å². The van der Waals surface area contributed by atoms with E-state index in [1.165, 1.54) is 4.90 Å². The van der Waals surface area contributed by atoms with Crippen LogP contribution in [0.15, 0.2) is 24.3 Å². The van der Waals surface area contributed by atoms with Gasteiger partial charge in [-0.1, -0.05) is 6.07 Å². The monoisotopic (exact) mass is 442 g/mol. The number of hydrogen-bond acceptors (Lipinski definition) is 4. The average molecular weight is 443 g/mol. The van der Waals surface area contributed by atoms with Gasteiger partial charge in [-0.05, 0) is 93.2 Å². The molecule has 4 bridgehead atoms. The normalized spacial score (nSPS) is 33.8. The van der Waals surface area contributed by atoms with Crippen molar-refractivity contribution in [2.24, 2.45) is 23.7 Å². The molecule has 1 aromatic rings. The maximum atomic E-state index is 13.0. The van der Waals surface area contributed by atoms with Crippen LogP contribution in [0.2, 0.25) is 0 Å². The molecule has 6 rings (SSSR count). The third-order valence-corrected chi connectivity index (χ3v) is 8.31. The minimum absolute atomic E-state index is 0.0547. The highest BCUT2D eigenvalue weighted by molar-refractivity contribution is 5.94. The fraction of sp³-hybridized carbons (Fsp3) is 0.680. The number of amides is 2. The molecule has 4 aliphatic carbocycles. The molecule has 1 aromatic carbocycles. The van der Waals surface area contributed by atoms with Gasteiger partial charge in [0.2, 0.25) is 0 Å². The largest absolute Gasteiger partial charge is 0.494 e. The number of piperidine rings is 1. The zero-order valence-electron chi connectivity index (χ0n) is 18.5. The first-order valence-electron chi connectivity index (χ1n) is 12.1. The Balaban J connectivity index is 1.12. The van der Waals surface area contributed by atoms with Crippen LogP contribution in [-0.4, -0.2) is 58.5 Å². The van der Waals surface area contributed by atoms with E-state index >= 15 is 0 Å². The van der Waals surface area contributed by atoms with Crippen molar-refractivity contribution in [1.82, 2.24) is 10.2 Å². The van der Waals surface area contributed by atoms with Gasteiger partial charge in [-0.3, -0.25) is 4.79 Å². The van der Waals surface area contributed by atoms with Crippen molar-refractivity contribution in [3.05, 3.63) is 29.8 Å². The molecule has 1 saturated heterocycles. The van der Waals surface area contributed by atoms with Crippen LogP contribution >= 0.6 is 0 Å². The third kappa shape index (κ3) is 4.45. The molecule has 2 atom stereocenters. The highest BCUT2D eigenvalue weighted by Gasteiger charge is 2.55. The SMILES string of the molecule is O=C(NC1C2CC3CC1CC(O)(C3)C2)c1cccc(OCCC2CCN(C(=O)O)CC2)c1. The van der Waals surface area contributed by atoms with Gasteiger partial charge in [0.15, 0.2) is 0 Å². The smallest absolute Gasteiger partial charge is 0.407 e. The topological polar surface area (TPSA) is 99.1 Å². The molecule has 1 aliphatic heterocycles. The van der Waals surface area contributed by atoms with Crippen LogP contribution in [0.25, 0.3) is 0 Å². The number of ether oxygens (including phenoxy) is 1. The summed E-state index contributed by atoms with van der Waals surface area (Å²) in [6, 6.07) is 7.54. The standard InChI is InChI=1S/C25H34N2O5/c28-23(26-22-19-10-17-11-20(22)15-25(31,13-17)14-19)18-2-1-3-21(12-18)32-9-6-16-4-7-27(8-5-16)24(29)30/h1-3,12,16-17,19-20,22,31H,4-11,13-15H2,(H,26,28)(H,29,30). The van der Waals surface area contributed by atoms with E-state index in [2.05, 4.69) is 5.32 Å². The Morgan fingerprint density at radius 3 is 2.50 bits per heavy atom. The number of rotatable bonds is 6. The van der Waals surface area contributed by atoms with Crippen molar-refractivity contribution in [3.8, 4) is 5.75 Å². The molecule has 7 nitrogen and oxygen atoms in total. The van der Waals surface area contributed by atoms with E-state index in [1.807, 2.05) is 24.3 Å². The van der Waals surface area contributed by atoms with Crippen LogP contribution in [0, 0.1) is 23.7 Å². The first-order valence-corrected chi connectivity index (χ1v) is 12.1. The van der Waals surface area contributed by atoms with Crippen LogP contribution < -0.4 is 10.1 Å². The summed E-state index contributed by atoms with van der Waals surface area (Å²) in [5, 5.41) is 23.1. The summed E-state index contributed by atoms with van der Waals surface area (Å²) in [4.78, 5) is 25.5. The van der Waals surface area contributed by atoms with Crippen molar-refractivity contribution in [1.29, 1.82) is 0 Å². The van der Waals surface area contributed by atoms with E-state index in [4.69, 9.17) is 9.84 Å². The highest BCUT2D eigenvalue weighted by Crippen LogP contribution is 2.55. The molecule has 174 valence electrons. The van der Waals surface area contributed by atoms with E-state index in [0.717, 1.165) is 51.4 Å². The summed E-state index contributed by atoms with van der Waals surface area (Å²) < 4.78 is 5.93. The Labute approximate surface area is 189 Å². The minimum Gasteiger partial charge on any atom is -0.494 e. The van der Waals surface area contributed by atoms with Gasteiger partial charge in [-0.15, -0.1) is 0 Å². The molecular weight excluding hydrogens is 408 g/mol. The van der Waals surface area contributed by atoms with Crippen molar-refractivity contribution in [2.45, 2.75) is 63.0 Å². The van der Waals surface area contributed by atoms with Gasteiger partial charge in [-0.2, -0.15) is 0 Å². The Kier molecular flexibility index (Phi) is 5.78. The van der Waals surface area contributed by atoms with Crippen LogP contribution in [0.5, 0.6) is 5.75 Å². The summed E-state index contributed by atoms with van der Waals surface area (Å²) in [5.74, 6) is 2.52. The number of likely N-dealkylation sites (tertiary alicyclic amines) is 1. The van der Waals surface area contributed by atoms with Crippen molar-refractivity contribution in [3.63, 3.8) is 0 Å². The number of hydrogen-bond donors (Lipinski definition) is 3. The van der Waals surface area contributed by atoms with Gasteiger partial charge in [0.05, 0.1) is 12.2 Å². The quantitative estimate of drug-likeness (QED) is 0.626. The number of carboxylic acid groups (broad SMARTS) is 1. The third-order valence-electron chi connectivity index (χ3n) is 8.31. The summed E-state index contributed by atoms with van der Waals surface area (Å²) in [6.45, 7) is 1.75. The zero-order chi connectivity index (χ0) is 22.3. The molecule has 32 heavy (non-hydrogen) atoms. The second-order valence-corrected chi connectivity index (χ2v) is 10.6. The van der Waals surface area contributed by atoms with Crippen LogP contribution in [0.4, 0.5) is 4.79 Å². The Morgan fingerprint density at radius 2 is 1.84 bits per heavy atom. The number of benzene rings is 1. The molecule has 7 heteroatoms. The molecule has 2 amide bonds. The summed E-state index contributed by atoms with van der Waals surface area (Å²) in [5.41, 5.74) is 0.125. The first kappa shape index (κ1) is 21.6. The molecule has 4 saturated carbocycles. The van der Waals surface area contributed by atoms with Crippen molar-refractivity contribution >= 4 is 12.0 Å². The number of carbonyl (C=O) groups excluding carboxylic acids is 1. The molecule has 0 radical (unpaired) electrons. The van der Waals surface area contributed by atoms with Crippen LogP contribution in [-0.2, 0) is 0 Å². The zero-order valence-corrected chi connectivity index (χ0v) is 18.5. The van der Waals surface area contributed by atoms with Gasteiger partial charge < -0.3 is 25.2 Å². The highest BCUT2D eigenvalue weighted by atomic mass is 16.5. The van der Waals surface area contributed by atoms with Gasteiger partial charge in [0.1, 0.15) is 5.75 Å². The lowest BCUT2D eigenvalue weighted by molar-refractivity contribution is -0.136. The van der Waals surface area contributed by atoms with Gasteiger partial charge in [0, 0.05) is 24.7 Å². The predicted molar refractivity (Wildman–Crippen MR) is 119 cm³/mol. The number of aliphatic hydroxyl groups is 1. The minimum atomic E-state index is -0.834. The summed E-state index contributed by atoms with van der Waals surface area (Å²) in [6.07, 6.45) is 6.63. The van der Waals surface area contributed by atoms with Crippen LogP contribution in [0.3, 0.4) is 0 Å². The number of nitrogens with zero attached hydrogens (tertiary/aromatic N) is 1. The lowest BCUT2D eigenvalue weighted by Crippen LogP contribution is -2.61. The molecule has 0 spiro atoms. The fourth-order valence-corrected chi connectivity index (χ4v) is 6.94. The Morgan fingerprint density at radius 1 is 1.12 bits per heavy atom. The maximum Gasteiger partial charge on any atom is 0.407 e. The van der Waals surface area contributed by atoms with Crippen molar-refractivity contribution in [2.75, 3.05) is 19.7 Å². The Bertz CT molecular complexity index is 850. The number of carbonyl (C=O) groups is 2. The molecule has 0 aromatic heterocycles. The lowest BCUT2D eigenvalue weighted by atomic mass is 9.52. The van der Waals surface area contributed by atoms with E-state index in [9.17, 15) is 14.7 Å². The molecule has 1 heterocycles. The first-order chi connectivity index (χ1) is 15.4. The lowest BCUT2D eigenvalue weighted by Gasteiger charge is -2.58. The Hall–Kier alpha value is -2.28. The maximum absolute atomic E-state index is 13.0. The molecule has 5 aliphatic rings. The van der Waals surface area contributed by atoms with Gasteiger partial charge >= 0.3 is 6.09 Å². The summed E-state index contributed by atoms with van der Waals surface area (Å²) >= 11 is 0. The second-order valence-electron chi connectivity index (χ2n) is 10.6. The summed E-state index contributed by atoms with van der Waals surface area (Å²) in [7, 11) is 0. The predicted octanol–water partition coefficient (Wildman–Crippen LogP) is 3.51. The fourth-order valence-electron chi connectivity index (χ4n) is 6.94. The van der Waals surface area contributed by atoms with Gasteiger partial charge in [-0.25, -0.2) is 4.79 Å². The molecule has 5 fully saturated rings. The van der Waals surface area contributed by atoms with E-state index < -0.39 is 11.7 Å². The number of nitrogens with one attached hydrogen (secondary N) is 1. The van der Waals surface area contributed by atoms with Crippen LogP contribution in [0.1, 0.15) is 61.7 Å². The second kappa shape index (κ2) is 8.58. The van der Waals surface area contributed by atoms with Crippen molar-refractivity contribution < 1.29 is 24.5 Å². The average Bonchev–Trinajstić information content (AvgIpc) is 2.75. The van der Waals surface area contributed by atoms with Gasteiger partial charge in [0.25, 0.3) is 5.91 Å². The molecular formula is C25H34N2O5. The molecule has 2 unspecified atom stereocenters. The molecule has 3 N–H and O–H groups in total. The van der Waals surface area contributed by atoms with E-state index in [0.29, 0.717) is 54.7 Å².